The van der Waals surface area contributed by atoms with E-state index in [0.29, 0.717) is 17.5 Å². The molecule has 3 nitrogen and oxygen atoms in total. The number of rotatable bonds is 6. The Labute approximate surface area is 288 Å². The fourth-order valence-electron chi connectivity index (χ4n) is 7.08. The lowest BCUT2D eigenvalue weighted by Gasteiger charge is -2.39. The predicted octanol–water partition coefficient (Wildman–Crippen LogP) is 11.9. The van der Waals surface area contributed by atoms with Crippen LogP contribution < -0.4 is 0 Å². The molecule has 0 aliphatic carbocycles. The molecule has 0 N–H and O–H groups in total. The minimum absolute atomic E-state index is 0.650. The Hall–Kier alpha value is -6.10. The summed E-state index contributed by atoms with van der Waals surface area (Å²) in [6.07, 6.45) is 0. The average molecular weight is 646 g/mol. The first kappa shape index (κ1) is 29.1. The zero-order chi connectivity index (χ0) is 32.6. The van der Waals surface area contributed by atoms with E-state index in [1.54, 1.807) is 0 Å². The van der Waals surface area contributed by atoms with Crippen molar-refractivity contribution in [1.82, 2.24) is 15.0 Å². The van der Waals surface area contributed by atoms with Crippen LogP contribution in [0.3, 0.4) is 0 Å². The lowest BCUT2D eigenvalue weighted by molar-refractivity contribution is 1.07. The van der Waals surface area contributed by atoms with Gasteiger partial charge in [0.2, 0.25) is 0 Å². The highest BCUT2D eigenvalue weighted by Crippen LogP contribution is 2.80. The molecule has 0 amide bonds. The number of nitrogens with zero attached hydrogens (tertiary/aromatic N) is 3. The fraction of sp³-hybridized carbons (Fsp3) is 0. The molecule has 0 atom stereocenters. The predicted molar refractivity (Wildman–Crippen MR) is 201 cm³/mol. The van der Waals surface area contributed by atoms with Crippen molar-refractivity contribution in [2.45, 2.75) is 19.6 Å². The topological polar surface area (TPSA) is 38.7 Å². The van der Waals surface area contributed by atoms with Crippen molar-refractivity contribution < 1.29 is 0 Å². The Morgan fingerprint density at radius 2 is 0.694 bits per heavy atom. The van der Waals surface area contributed by atoms with E-state index in [1.807, 2.05) is 36.4 Å². The molecule has 8 aromatic rings. The number of hydrogen-bond acceptors (Lipinski definition) is 3. The smallest absolute Gasteiger partial charge is 0.164 e. The quantitative estimate of drug-likeness (QED) is 0.181. The van der Waals surface area contributed by atoms with E-state index in [1.165, 1.54) is 36.3 Å². The van der Waals surface area contributed by atoms with E-state index in [4.69, 9.17) is 15.0 Å². The first-order valence-electron chi connectivity index (χ1n) is 16.4. The monoisotopic (exact) mass is 645 g/mol. The van der Waals surface area contributed by atoms with Gasteiger partial charge in [-0.3, -0.25) is 0 Å². The average Bonchev–Trinajstić information content (AvgIpc) is 3.50. The van der Waals surface area contributed by atoms with E-state index >= 15 is 0 Å². The van der Waals surface area contributed by atoms with Gasteiger partial charge in [-0.1, -0.05) is 152 Å². The van der Waals surface area contributed by atoms with Crippen LogP contribution in [0.25, 0.3) is 56.4 Å². The van der Waals surface area contributed by atoms with Crippen LogP contribution in [-0.2, 0) is 0 Å². The molecule has 0 saturated carbocycles. The summed E-state index contributed by atoms with van der Waals surface area (Å²) in [6, 6.07) is 66.8. The van der Waals surface area contributed by atoms with Crippen molar-refractivity contribution >= 4 is 10.0 Å². The molecule has 0 bridgehead atoms. The fourth-order valence-corrected chi connectivity index (χ4v) is 11.3. The van der Waals surface area contributed by atoms with E-state index in [-0.39, 0.29) is 0 Å². The zero-order valence-electron chi connectivity index (χ0n) is 26.6. The number of hydrogen-bond donors (Lipinski definition) is 0. The molecule has 0 spiro atoms. The van der Waals surface area contributed by atoms with Crippen LogP contribution in [0, 0.1) is 0 Å². The van der Waals surface area contributed by atoms with Crippen LogP contribution in [0.2, 0.25) is 0 Å². The highest BCUT2D eigenvalue weighted by atomic mass is 32.3. The maximum atomic E-state index is 5.13. The third kappa shape index (κ3) is 4.80. The normalized spacial score (nSPS) is 13.3. The van der Waals surface area contributed by atoms with Gasteiger partial charge in [0.05, 0.1) is 0 Å². The highest BCUT2D eigenvalue weighted by Gasteiger charge is 2.43. The van der Waals surface area contributed by atoms with Crippen molar-refractivity contribution in [3.05, 3.63) is 188 Å². The molecule has 0 saturated heterocycles. The molecule has 7 aromatic carbocycles. The van der Waals surface area contributed by atoms with Crippen molar-refractivity contribution in [2.24, 2.45) is 0 Å². The molecule has 1 aliphatic rings. The molecular weight excluding hydrogens is 615 g/mol. The first-order chi connectivity index (χ1) is 24.3. The van der Waals surface area contributed by atoms with Crippen LogP contribution in [0.5, 0.6) is 0 Å². The van der Waals surface area contributed by atoms with Gasteiger partial charge < -0.3 is 0 Å². The summed E-state index contributed by atoms with van der Waals surface area (Å²) >= 11 is 0. The Balaban J connectivity index is 1.32. The van der Waals surface area contributed by atoms with Crippen LogP contribution >= 0.6 is 10.0 Å². The minimum atomic E-state index is -1.77. The van der Waals surface area contributed by atoms with E-state index in [2.05, 4.69) is 152 Å². The summed E-state index contributed by atoms with van der Waals surface area (Å²) in [4.78, 5) is 20.6. The molecular formula is C45H31N3S. The van der Waals surface area contributed by atoms with Gasteiger partial charge in [-0.25, -0.2) is 15.0 Å². The maximum Gasteiger partial charge on any atom is 0.164 e. The summed E-state index contributed by atoms with van der Waals surface area (Å²) in [5, 5.41) is 0. The van der Waals surface area contributed by atoms with Crippen LogP contribution in [0.4, 0.5) is 0 Å². The summed E-state index contributed by atoms with van der Waals surface area (Å²) in [5.41, 5.74) is 7.69. The van der Waals surface area contributed by atoms with Gasteiger partial charge in [-0.15, -0.1) is 10.0 Å². The highest BCUT2D eigenvalue weighted by molar-refractivity contribution is 8.34. The van der Waals surface area contributed by atoms with Crippen LogP contribution in [-0.4, -0.2) is 15.0 Å². The standard InChI is InChI=1S/C45H31N3S/c1-5-18-32(19-6-1)43-46-44(33-20-7-2-8-21-33)48-45(47-43)38-27-14-13-26-36(38)37-29-17-31-41-42(37)39-28-15-16-30-40(39)49(41,34-22-9-3-10-23-34)35-24-11-4-12-25-35/h1-31H. The second-order valence-corrected chi connectivity index (χ2v) is 15.0. The van der Waals surface area contributed by atoms with Gasteiger partial charge in [0, 0.05) is 41.8 Å². The van der Waals surface area contributed by atoms with Crippen molar-refractivity contribution in [1.29, 1.82) is 0 Å². The van der Waals surface area contributed by atoms with Gasteiger partial charge in [0.1, 0.15) is 0 Å². The summed E-state index contributed by atoms with van der Waals surface area (Å²) in [7, 11) is -1.77. The molecule has 49 heavy (non-hydrogen) atoms. The Bertz CT molecular complexity index is 2330. The number of fused-ring (bicyclic) bond motifs is 3. The third-order valence-corrected chi connectivity index (χ3v) is 13.2. The molecule has 9 rings (SSSR count). The molecule has 0 fully saturated rings. The van der Waals surface area contributed by atoms with E-state index in [0.717, 1.165) is 22.3 Å². The molecule has 1 aliphatic heterocycles. The van der Waals surface area contributed by atoms with Crippen molar-refractivity contribution in [2.75, 3.05) is 0 Å². The molecule has 0 unspecified atom stereocenters. The Morgan fingerprint density at radius 3 is 1.27 bits per heavy atom. The van der Waals surface area contributed by atoms with Crippen molar-refractivity contribution in [3.8, 4) is 56.4 Å². The molecule has 1 aromatic heterocycles. The van der Waals surface area contributed by atoms with E-state index in [9.17, 15) is 0 Å². The summed E-state index contributed by atoms with van der Waals surface area (Å²) in [5.74, 6) is 1.95. The minimum Gasteiger partial charge on any atom is -0.208 e. The summed E-state index contributed by atoms with van der Waals surface area (Å²) < 4.78 is 0. The number of aromatic nitrogens is 3. The Morgan fingerprint density at radius 1 is 0.286 bits per heavy atom. The Kier molecular flexibility index (Phi) is 7.22. The first-order valence-corrected chi connectivity index (χ1v) is 18.1. The van der Waals surface area contributed by atoms with Gasteiger partial charge in [-0.2, -0.15) is 0 Å². The second-order valence-electron chi connectivity index (χ2n) is 12.0. The zero-order valence-corrected chi connectivity index (χ0v) is 27.5. The number of benzene rings is 7. The largest absolute Gasteiger partial charge is 0.208 e. The lowest BCUT2D eigenvalue weighted by Crippen LogP contribution is -2.02. The van der Waals surface area contributed by atoms with Gasteiger partial charge in [-0.05, 0) is 53.1 Å². The molecule has 0 radical (unpaired) electrons. The summed E-state index contributed by atoms with van der Waals surface area (Å²) in [6.45, 7) is 0. The molecule has 2 heterocycles. The van der Waals surface area contributed by atoms with Crippen LogP contribution in [0.15, 0.2) is 208 Å². The lowest BCUT2D eigenvalue weighted by atomic mass is 9.91. The van der Waals surface area contributed by atoms with Gasteiger partial charge in [0.15, 0.2) is 17.5 Å². The van der Waals surface area contributed by atoms with E-state index < -0.39 is 10.0 Å². The van der Waals surface area contributed by atoms with Gasteiger partial charge >= 0.3 is 0 Å². The van der Waals surface area contributed by atoms with Crippen LogP contribution in [0.1, 0.15) is 0 Å². The van der Waals surface area contributed by atoms with Gasteiger partial charge in [0.25, 0.3) is 0 Å². The maximum absolute atomic E-state index is 5.13. The molecule has 232 valence electrons. The second kappa shape index (κ2) is 12.2. The SMILES string of the molecule is c1ccc(-c2nc(-c3ccccc3)nc(-c3ccccc3-c3cccc4c3-c3ccccc3S4(c3ccccc3)c3ccccc3)n2)cc1. The van der Waals surface area contributed by atoms with Crippen molar-refractivity contribution in [3.63, 3.8) is 0 Å². The third-order valence-electron chi connectivity index (χ3n) is 9.19. The molecule has 4 heteroatoms.